The number of carboxylic acid groups (broad SMARTS) is 1. The number of hydrogen-bond acceptors (Lipinski definition) is 5. The average Bonchev–Trinajstić information content (AvgIpc) is 2.37. The molecule has 5 nitrogen and oxygen atoms in total. The first-order valence-electron chi connectivity index (χ1n) is 5.40. The standard InChI is InChI=1S/C12H9Cl2N3O2S/c13-6-1-2-7(9(14)3-6)8-4-16-12(17-11(8)15)20-5-10(18)19/h1-4H,5H2,(H,18,19)(H2,15,16,17). The Morgan fingerprint density at radius 1 is 1.35 bits per heavy atom. The van der Waals surface area contributed by atoms with Crippen LogP contribution in [0, 0.1) is 0 Å². The monoisotopic (exact) mass is 329 g/mol. The molecular weight excluding hydrogens is 321 g/mol. The SMILES string of the molecule is Nc1nc(SCC(=O)O)ncc1-c1ccc(Cl)cc1Cl. The van der Waals surface area contributed by atoms with E-state index >= 15 is 0 Å². The normalized spacial score (nSPS) is 10.5. The van der Waals surface area contributed by atoms with Crippen molar-refractivity contribution in [2.45, 2.75) is 5.16 Å². The summed E-state index contributed by atoms with van der Waals surface area (Å²) >= 11 is 12.9. The highest BCUT2D eigenvalue weighted by atomic mass is 35.5. The molecule has 0 radical (unpaired) electrons. The van der Waals surface area contributed by atoms with Crippen LogP contribution in [0.25, 0.3) is 11.1 Å². The molecule has 0 spiro atoms. The summed E-state index contributed by atoms with van der Waals surface area (Å²) in [6.45, 7) is 0. The van der Waals surface area contributed by atoms with Crippen molar-refractivity contribution in [1.82, 2.24) is 9.97 Å². The molecule has 20 heavy (non-hydrogen) atoms. The molecule has 0 aliphatic rings. The number of thioether (sulfide) groups is 1. The predicted molar refractivity (Wildman–Crippen MR) is 80.3 cm³/mol. The molecule has 1 aromatic heterocycles. The lowest BCUT2D eigenvalue weighted by atomic mass is 10.1. The fourth-order valence-electron chi connectivity index (χ4n) is 1.49. The number of nitrogens with two attached hydrogens (primary N) is 1. The average molecular weight is 330 g/mol. The fraction of sp³-hybridized carbons (Fsp3) is 0.0833. The van der Waals surface area contributed by atoms with Gasteiger partial charge in [0.15, 0.2) is 5.16 Å². The molecule has 0 bridgehead atoms. The molecule has 104 valence electrons. The third kappa shape index (κ3) is 3.53. The maximum Gasteiger partial charge on any atom is 0.313 e. The Morgan fingerprint density at radius 2 is 2.10 bits per heavy atom. The van der Waals surface area contributed by atoms with Gasteiger partial charge in [-0.05, 0) is 12.1 Å². The number of carboxylic acids is 1. The molecule has 3 N–H and O–H groups in total. The summed E-state index contributed by atoms with van der Waals surface area (Å²) in [5.41, 5.74) is 7.11. The van der Waals surface area contributed by atoms with E-state index in [1.165, 1.54) is 6.20 Å². The number of anilines is 1. The number of carbonyl (C=O) groups is 1. The van der Waals surface area contributed by atoms with Gasteiger partial charge in [0.05, 0.1) is 10.8 Å². The molecule has 1 aromatic carbocycles. The first-order valence-corrected chi connectivity index (χ1v) is 7.14. The summed E-state index contributed by atoms with van der Waals surface area (Å²) in [6, 6.07) is 5.02. The van der Waals surface area contributed by atoms with Crippen molar-refractivity contribution < 1.29 is 9.90 Å². The number of halogens is 2. The Balaban J connectivity index is 2.31. The van der Waals surface area contributed by atoms with Gasteiger partial charge in [-0.1, -0.05) is 41.0 Å². The van der Waals surface area contributed by atoms with Crippen LogP contribution in [0.1, 0.15) is 0 Å². The van der Waals surface area contributed by atoms with Gasteiger partial charge in [-0.2, -0.15) is 0 Å². The van der Waals surface area contributed by atoms with Crippen LogP contribution in [0.4, 0.5) is 5.82 Å². The van der Waals surface area contributed by atoms with Crippen molar-refractivity contribution in [3.8, 4) is 11.1 Å². The topological polar surface area (TPSA) is 89.1 Å². The molecule has 1 heterocycles. The van der Waals surface area contributed by atoms with E-state index in [1.807, 2.05) is 0 Å². The lowest BCUT2D eigenvalue weighted by Gasteiger charge is -2.08. The van der Waals surface area contributed by atoms with Crippen molar-refractivity contribution in [1.29, 1.82) is 0 Å². The summed E-state index contributed by atoms with van der Waals surface area (Å²) in [6.07, 6.45) is 1.52. The van der Waals surface area contributed by atoms with Gasteiger partial charge in [0, 0.05) is 22.3 Å². The molecule has 0 fully saturated rings. The first-order chi connectivity index (χ1) is 9.47. The third-order valence-corrected chi connectivity index (χ3v) is 3.74. The molecule has 0 aliphatic carbocycles. The predicted octanol–water partition coefficient (Wildman–Crippen LogP) is 3.21. The molecule has 2 aromatic rings. The van der Waals surface area contributed by atoms with Crippen LogP contribution in [0.3, 0.4) is 0 Å². The van der Waals surface area contributed by atoms with E-state index in [-0.39, 0.29) is 11.6 Å². The summed E-state index contributed by atoms with van der Waals surface area (Å²) in [4.78, 5) is 18.6. The van der Waals surface area contributed by atoms with Crippen molar-refractivity contribution in [3.05, 3.63) is 34.4 Å². The zero-order valence-corrected chi connectivity index (χ0v) is 12.3. The van der Waals surface area contributed by atoms with Crippen LogP contribution >= 0.6 is 35.0 Å². The van der Waals surface area contributed by atoms with Crippen LogP contribution in [0.2, 0.25) is 10.0 Å². The second-order valence-electron chi connectivity index (χ2n) is 3.76. The van der Waals surface area contributed by atoms with Crippen molar-refractivity contribution in [2.24, 2.45) is 0 Å². The largest absolute Gasteiger partial charge is 0.481 e. The number of rotatable bonds is 4. The van der Waals surface area contributed by atoms with Crippen LogP contribution in [-0.2, 0) is 4.79 Å². The molecule has 0 atom stereocenters. The van der Waals surface area contributed by atoms with E-state index in [2.05, 4.69) is 9.97 Å². The van der Waals surface area contributed by atoms with Gasteiger partial charge in [-0.25, -0.2) is 9.97 Å². The quantitative estimate of drug-likeness (QED) is 0.661. The van der Waals surface area contributed by atoms with E-state index in [1.54, 1.807) is 18.2 Å². The number of hydrogen-bond donors (Lipinski definition) is 2. The minimum absolute atomic E-state index is 0.125. The lowest BCUT2D eigenvalue weighted by Crippen LogP contribution is -2.02. The Kier molecular flexibility index (Phi) is 4.69. The second kappa shape index (κ2) is 6.30. The molecule has 0 saturated heterocycles. The Morgan fingerprint density at radius 3 is 2.70 bits per heavy atom. The maximum absolute atomic E-state index is 10.5. The minimum Gasteiger partial charge on any atom is -0.481 e. The molecule has 8 heteroatoms. The highest BCUT2D eigenvalue weighted by molar-refractivity contribution is 7.99. The summed E-state index contributed by atoms with van der Waals surface area (Å²) in [7, 11) is 0. The van der Waals surface area contributed by atoms with Gasteiger partial charge in [-0.15, -0.1) is 0 Å². The maximum atomic E-state index is 10.5. The van der Waals surface area contributed by atoms with E-state index < -0.39 is 5.97 Å². The Hall–Kier alpha value is -1.50. The summed E-state index contributed by atoms with van der Waals surface area (Å²) in [5, 5.41) is 9.87. The first kappa shape index (κ1) is 14.9. The molecule has 0 aliphatic heterocycles. The summed E-state index contributed by atoms with van der Waals surface area (Å²) in [5.74, 6) is -0.834. The van der Waals surface area contributed by atoms with Gasteiger partial charge in [-0.3, -0.25) is 4.79 Å². The smallest absolute Gasteiger partial charge is 0.313 e. The Labute approximate surface area is 129 Å². The molecule has 2 rings (SSSR count). The van der Waals surface area contributed by atoms with E-state index in [0.29, 0.717) is 26.3 Å². The fourth-order valence-corrected chi connectivity index (χ4v) is 2.54. The number of aliphatic carboxylic acids is 1. The molecule has 0 saturated carbocycles. The number of nitrogens with zero attached hydrogens (tertiary/aromatic N) is 2. The van der Waals surface area contributed by atoms with Gasteiger partial charge < -0.3 is 10.8 Å². The minimum atomic E-state index is -0.943. The summed E-state index contributed by atoms with van der Waals surface area (Å²) < 4.78 is 0. The van der Waals surface area contributed by atoms with E-state index in [4.69, 9.17) is 34.0 Å². The van der Waals surface area contributed by atoms with Crippen LogP contribution in [-0.4, -0.2) is 26.8 Å². The zero-order valence-electron chi connectivity index (χ0n) is 10.0. The van der Waals surface area contributed by atoms with Gasteiger partial charge in [0.25, 0.3) is 0 Å². The van der Waals surface area contributed by atoms with Crippen LogP contribution in [0.15, 0.2) is 29.6 Å². The Bertz CT molecular complexity index is 667. The van der Waals surface area contributed by atoms with Gasteiger partial charge in [0.2, 0.25) is 0 Å². The van der Waals surface area contributed by atoms with Crippen molar-refractivity contribution >= 4 is 46.8 Å². The highest BCUT2D eigenvalue weighted by Crippen LogP contribution is 2.33. The number of benzene rings is 1. The second-order valence-corrected chi connectivity index (χ2v) is 5.54. The zero-order chi connectivity index (χ0) is 14.7. The van der Waals surface area contributed by atoms with Crippen LogP contribution in [0.5, 0.6) is 0 Å². The third-order valence-electron chi connectivity index (χ3n) is 2.34. The van der Waals surface area contributed by atoms with E-state index in [0.717, 1.165) is 11.8 Å². The number of aromatic nitrogens is 2. The highest BCUT2D eigenvalue weighted by Gasteiger charge is 2.11. The van der Waals surface area contributed by atoms with Crippen LogP contribution < -0.4 is 5.73 Å². The number of nitrogen functional groups attached to an aromatic ring is 1. The van der Waals surface area contributed by atoms with Gasteiger partial charge >= 0.3 is 5.97 Å². The van der Waals surface area contributed by atoms with Crippen molar-refractivity contribution in [3.63, 3.8) is 0 Å². The lowest BCUT2D eigenvalue weighted by molar-refractivity contribution is -0.133. The molecular formula is C12H9Cl2N3O2S. The van der Waals surface area contributed by atoms with E-state index in [9.17, 15) is 4.79 Å². The van der Waals surface area contributed by atoms with Crippen molar-refractivity contribution in [2.75, 3.05) is 11.5 Å². The molecule has 0 unspecified atom stereocenters. The molecule has 0 amide bonds. The van der Waals surface area contributed by atoms with Gasteiger partial charge in [0.1, 0.15) is 5.82 Å².